The molecule has 118 valence electrons. The Kier molecular flexibility index (Phi) is 8.08. The molecule has 0 aromatic heterocycles. The molecule has 0 bridgehead atoms. The maximum Gasteiger partial charge on any atom is 0.239 e. The molecule has 0 aromatic rings. The fourth-order valence-corrected chi connectivity index (χ4v) is 2.33. The van der Waals surface area contributed by atoms with Crippen LogP contribution in [-0.2, 0) is 14.3 Å². The van der Waals surface area contributed by atoms with Crippen molar-refractivity contribution in [3.05, 3.63) is 0 Å². The van der Waals surface area contributed by atoms with Crippen LogP contribution in [0.3, 0.4) is 0 Å². The maximum absolute atomic E-state index is 12.5. The first-order valence-electron chi connectivity index (χ1n) is 6.74. The van der Waals surface area contributed by atoms with E-state index in [1.54, 1.807) is 7.05 Å². The van der Waals surface area contributed by atoms with E-state index in [-0.39, 0.29) is 36.8 Å². The van der Waals surface area contributed by atoms with E-state index in [1.165, 1.54) is 4.90 Å². The average molecular weight is 308 g/mol. The molecule has 0 radical (unpaired) electrons. The SMILES string of the molecule is CC(C)NC(=O)CN(C)C(=O)C1(CN)CCOCC1.Cl. The molecule has 1 heterocycles. The number of nitrogens with zero attached hydrogens (tertiary/aromatic N) is 1. The van der Waals surface area contributed by atoms with E-state index < -0.39 is 5.41 Å². The maximum atomic E-state index is 12.5. The van der Waals surface area contributed by atoms with Crippen molar-refractivity contribution in [2.75, 3.05) is 33.4 Å². The van der Waals surface area contributed by atoms with Crippen LogP contribution in [0.2, 0.25) is 0 Å². The smallest absolute Gasteiger partial charge is 0.239 e. The lowest BCUT2D eigenvalue weighted by molar-refractivity contribution is -0.148. The molecule has 1 saturated heterocycles. The van der Waals surface area contributed by atoms with Crippen LogP contribution in [-0.4, -0.2) is 56.1 Å². The van der Waals surface area contributed by atoms with Gasteiger partial charge in [0.1, 0.15) is 0 Å². The first-order valence-corrected chi connectivity index (χ1v) is 6.74. The second kappa shape index (κ2) is 8.44. The summed E-state index contributed by atoms with van der Waals surface area (Å²) in [7, 11) is 1.65. The van der Waals surface area contributed by atoms with E-state index >= 15 is 0 Å². The van der Waals surface area contributed by atoms with Gasteiger partial charge in [0.2, 0.25) is 11.8 Å². The quantitative estimate of drug-likeness (QED) is 0.757. The van der Waals surface area contributed by atoms with Crippen LogP contribution in [0.5, 0.6) is 0 Å². The molecular weight excluding hydrogens is 282 g/mol. The number of rotatable bonds is 5. The van der Waals surface area contributed by atoms with Crippen LogP contribution in [0.15, 0.2) is 0 Å². The Balaban J connectivity index is 0.00000361. The van der Waals surface area contributed by atoms with Gasteiger partial charge in [0.05, 0.1) is 12.0 Å². The van der Waals surface area contributed by atoms with Gasteiger partial charge < -0.3 is 20.7 Å². The summed E-state index contributed by atoms with van der Waals surface area (Å²) in [5.74, 6) is -0.206. The van der Waals surface area contributed by atoms with Crippen LogP contribution >= 0.6 is 12.4 Å². The van der Waals surface area contributed by atoms with E-state index in [0.29, 0.717) is 32.6 Å². The Morgan fingerprint density at radius 2 is 1.90 bits per heavy atom. The number of hydrogen-bond donors (Lipinski definition) is 2. The van der Waals surface area contributed by atoms with Gasteiger partial charge in [0.25, 0.3) is 0 Å². The van der Waals surface area contributed by atoms with Crippen LogP contribution in [0.25, 0.3) is 0 Å². The van der Waals surface area contributed by atoms with Crippen molar-refractivity contribution in [2.24, 2.45) is 11.1 Å². The fourth-order valence-electron chi connectivity index (χ4n) is 2.33. The Morgan fingerprint density at radius 1 is 1.35 bits per heavy atom. The van der Waals surface area contributed by atoms with E-state index in [0.717, 1.165) is 0 Å². The summed E-state index contributed by atoms with van der Waals surface area (Å²) in [5, 5.41) is 2.77. The summed E-state index contributed by atoms with van der Waals surface area (Å²) in [6.07, 6.45) is 1.25. The number of hydrogen-bond acceptors (Lipinski definition) is 4. The Hall–Kier alpha value is -0.850. The molecule has 1 rings (SSSR count). The fraction of sp³-hybridized carbons (Fsp3) is 0.846. The summed E-state index contributed by atoms with van der Waals surface area (Å²) >= 11 is 0. The number of carbonyl (C=O) groups is 2. The minimum Gasteiger partial charge on any atom is -0.381 e. The van der Waals surface area contributed by atoms with Crippen molar-refractivity contribution in [2.45, 2.75) is 32.7 Å². The lowest BCUT2D eigenvalue weighted by Gasteiger charge is -2.37. The molecule has 1 aliphatic rings. The highest BCUT2D eigenvalue weighted by molar-refractivity contribution is 5.88. The minimum atomic E-state index is -0.564. The monoisotopic (exact) mass is 307 g/mol. The van der Waals surface area contributed by atoms with Gasteiger partial charge in [-0.3, -0.25) is 9.59 Å². The van der Waals surface area contributed by atoms with E-state index in [9.17, 15) is 9.59 Å². The van der Waals surface area contributed by atoms with E-state index in [2.05, 4.69) is 5.32 Å². The number of nitrogens with two attached hydrogens (primary N) is 1. The van der Waals surface area contributed by atoms with E-state index in [4.69, 9.17) is 10.5 Å². The molecule has 2 amide bonds. The van der Waals surface area contributed by atoms with Gasteiger partial charge in [-0.25, -0.2) is 0 Å². The predicted molar refractivity (Wildman–Crippen MR) is 79.7 cm³/mol. The van der Waals surface area contributed by atoms with Crippen molar-refractivity contribution in [1.82, 2.24) is 10.2 Å². The third-order valence-corrected chi connectivity index (χ3v) is 3.47. The summed E-state index contributed by atoms with van der Waals surface area (Å²) in [6, 6.07) is 0.0718. The Morgan fingerprint density at radius 3 is 2.35 bits per heavy atom. The molecule has 1 fully saturated rings. The number of ether oxygens (including phenoxy) is 1. The molecule has 20 heavy (non-hydrogen) atoms. The molecule has 7 heteroatoms. The van der Waals surface area contributed by atoms with Gasteiger partial charge in [0, 0.05) is 32.8 Å². The number of carbonyl (C=O) groups excluding carboxylic acids is 2. The molecule has 0 atom stereocenters. The molecular formula is C13H26ClN3O3. The number of nitrogens with one attached hydrogen (secondary N) is 1. The first-order chi connectivity index (χ1) is 8.91. The second-order valence-corrected chi connectivity index (χ2v) is 5.48. The third-order valence-electron chi connectivity index (χ3n) is 3.47. The summed E-state index contributed by atoms with van der Waals surface area (Å²) in [5.41, 5.74) is 5.22. The van der Waals surface area contributed by atoms with Gasteiger partial charge in [-0.15, -0.1) is 12.4 Å². The highest BCUT2D eigenvalue weighted by Gasteiger charge is 2.40. The van der Waals surface area contributed by atoms with E-state index in [1.807, 2.05) is 13.8 Å². The zero-order chi connectivity index (χ0) is 14.5. The van der Waals surface area contributed by atoms with Crippen LogP contribution in [0, 0.1) is 5.41 Å². The van der Waals surface area contributed by atoms with Gasteiger partial charge in [-0.2, -0.15) is 0 Å². The van der Waals surface area contributed by atoms with Gasteiger partial charge in [0.15, 0.2) is 0 Å². The van der Waals surface area contributed by atoms with Gasteiger partial charge in [-0.1, -0.05) is 0 Å². The van der Waals surface area contributed by atoms with Crippen molar-refractivity contribution in [3.8, 4) is 0 Å². The average Bonchev–Trinajstić information content (AvgIpc) is 2.37. The molecule has 0 saturated carbocycles. The molecule has 0 unspecified atom stereocenters. The molecule has 6 nitrogen and oxygen atoms in total. The van der Waals surface area contributed by atoms with Crippen LogP contribution in [0.1, 0.15) is 26.7 Å². The largest absolute Gasteiger partial charge is 0.381 e. The third kappa shape index (κ3) is 4.92. The van der Waals surface area contributed by atoms with Gasteiger partial charge >= 0.3 is 0 Å². The van der Waals surface area contributed by atoms with Crippen molar-refractivity contribution in [3.63, 3.8) is 0 Å². The first kappa shape index (κ1) is 19.1. The molecule has 0 aliphatic carbocycles. The summed E-state index contributed by atoms with van der Waals surface area (Å²) in [4.78, 5) is 25.6. The topological polar surface area (TPSA) is 84.7 Å². The van der Waals surface area contributed by atoms with Gasteiger partial charge in [-0.05, 0) is 26.7 Å². The Labute approximate surface area is 126 Å². The lowest BCUT2D eigenvalue weighted by Crippen LogP contribution is -2.52. The van der Waals surface area contributed by atoms with Crippen LogP contribution < -0.4 is 11.1 Å². The van der Waals surface area contributed by atoms with Crippen molar-refractivity contribution >= 4 is 24.2 Å². The highest BCUT2D eigenvalue weighted by Crippen LogP contribution is 2.31. The van der Waals surface area contributed by atoms with Crippen molar-refractivity contribution < 1.29 is 14.3 Å². The zero-order valence-corrected chi connectivity index (χ0v) is 13.3. The Bertz CT molecular complexity index is 331. The predicted octanol–water partition coefficient (Wildman–Crippen LogP) is 0.147. The molecule has 0 aromatic carbocycles. The highest BCUT2D eigenvalue weighted by atomic mass is 35.5. The lowest BCUT2D eigenvalue weighted by atomic mass is 9.79. The second-order valence-electron chi connectivity index (χ2n) is 5.48. The number of likely N-dealkylation sites (N-methyl/N-ethyl adjacent to an activating group) is 1. The number of halogens is 1. The normalized spacial score (nSPS) is 17.2. The molecule has 3 N–H and O–H groups in total. The summed E-state index contributed by atoms with van der Waals surface area (Å²) in [6.45, 7) is 5.24. The zero-order valence-electron chi connectivity index (χ0n) is 12.5. The minimum absolute atomic E-state index is 0. The summed E-state index contributed by atoms with van der Waals surface area (Å²) < 4.78 is 5.28. The van der Waals surface area contributed by atoms with Crippen LogP contribution in [0.4, 0.5) is 0 Å². The standard InChI is InChI=1S/C13H25N3O3.ClH/c1-10(2)15-11(17)8-16(3)12(18)13(9-14)4-6-19-7-5-13;/h10H,4-9,14H2,1-3H3,(H,15,17);1H. The van der Waals surface area contributed by atoms with Crippen molar-refractivity contribution in [1.29, 1.82) is 0 Å². The number of amides is 2. The molecule has 1 aliphatic heterocycles. The molecule has 0 spiro atoms.